The van der Waals surface area contributed by atoms with Crippen LogP contribution in [0.2, 0.25) is 0 Å². The molecule has 1 aliphatic heterocycles. The van der Waals surface area contributed by atoms with E-state index in [1.54, 1.807) is 0 Å². The molecule has 6 heteroatoms. The van der Waals surface area contributed by atoms with Gasteiger partial charge in [-0.1, -0.05) is 14.9 Å². The Morgan fingerprint density at radius 1 is 1.56 bits per heavy atom. The van der Waals surface area contributed by atoms with E-state index in [0.29, 0.717) is 0 Å². The van der Waals surface area contributed by atoms with Crippen LogP contribution in [0, 0.1) is 0 Å². The van der Waals surface area contributed by atoms with E-state index in [9.17, 15) is 0 Å². The van der Waals surface area contributed by atoms with Gasteiger partial charge in [-0.3, -0.25) is 9.88 Å². The van der Waals surface area contributed by atoms with Crippen LogP contribution >= 0.6 is 33.1 Å². The van der Waals surface area contributed by atoms with Crippen LogP contribution in [0.5, 0.6) is 0 Å². The van der Waals surface area contributed by atoms with Crippen molar-refractivity contribution in [2.45, 2.75) is 32.7 Å². The molecular weight excluding hydrogens is 296 g/mol. The maximum atomic E-state index is 4.67. The molecule has 0 radical (unpaired) electrons. The SMILES string of the molecule is CCCN1CCCc2ccnc(P(P)PP)c2C1. The van der Waals surface area contributed by atoms with Crippen LogP contribution < -0.4 is 5.44 Å². The highest BCUT2D eigenvalue weighted by molar-refractivity contribution is 8.63. The fourth-order valence-electron chi connectivity index (χ4n) is 2.50. The van der Waals surface area contributed by atoms with Crippen LogP contribution in [0.3, 0.4) is 0 Å². The van der Waals surface area contributed by atoms with E-state index < -0.39 is 0 Å². The van der Waals surface area contributed by atoms with Gasteiger partial charge in [-0.05, 0) is 56.8 Å². The minimum atomic E-state index is -0.159. The van der Waals surface area contributed by atoms with Crippen molar-refractivity contribution in [1.29, 1.82) is 0 Å². The number of fused-ring (bicyclic) bond motifs is 1. The normalized spacial score (nSPS) is 18.8. The van der Waals surface area contributed by atoms with Gasteiger partial charge in [0, 0.05) is 12.7 Å². The first-order chi connectivity index (χ1) is 8.76. The maximum Gasteiger partial charge on any atom is 0.0760 e. The summed E-state index contributed by atoms with van der Waals surface area (Å²) in [7, 11) is 6.62. The largest absolute Gasteiger partial charge is 0.299 e. The average Bonchev–Trinajstić information content (AvgIpc) is 2.59. The summed E-state index contributed by atoms with van der Waals surface area (Å²) in [5, 5.41) is 0. The van der Waals surface area contributed by atoms with Gasteiger partial charge in [0.1, 0.15) is 0 Å². The Hall–Kier alpha value is 0.830. The van der Waals surface area contributed by atoms with Crippen molar-refractivity contribution >= 4 is 38.5 Å². The number of hydrogen-bond donors (Lipinski definition) is 0. The lowest BCUT2D eigenvalue weighted by atomic mass is 10.1. The molecule has 100 valence electrons. The maximum absolute atomic E-state index is 4.67. The van der Waals surface area contributed by atoms with Crippen LogP contribution in [0.25, 0.3) is 0 Å². The van der Waals surface area contributed by atoms with Gasteiger partial charge in [-0.2, -0.15) is 0 Å². The van der Waals surface area contributed by atoms with Crippen molar-refractivity contribution in [2.24, 2.45) is 0 Å². The summed E-state index contributed by atoms with van der Waals surface area (Å²) in [5.74, 6) is 0. The summed E-state index contributed by atoms with van der Waals surface area (Å²) >= 11 is 0. The minimum absolute atomic E-state index is 0.159. The molecule has 1 aliphatic rings. The highest BCUT2D eigenvalue weighted by atomic mass is 32.6. The number of aryl methyl sites for hydroxylation is 1. The lowest BCUT2D eigenvalue weighted by Crippen LogP contribution is -2.26. The van der Waals surface area contributed by atoms with Crippen molar-refractivity contribution in [3.05, 3.63) is 23.4 Å². The second-order valence-electron chi connectivity index (χ2n) is 4.65. The summed E-state index contributed by atoms with van der Waals surface area (Å²) in [6.07, 6.45) is 5.76. The molecule has 4 unspecified atom stereocenters. The number of rotatable bonds is 4. The van der Waals surface area contributed by atoms with E-state index in [1.807, 2.05) is 6.20 Å². The summed E-state index contributed by atoms with van der Waals surface area (Å²) in [4.78, 5) is 7.27. The van der Waals surface area contributed by atoms with E-state index in [0.717, 1.165) is 14.5 Å². The molecule has 0 fully saturated rings. The van der Waals surface area contributed by atoms with Gasteiger partial charge in [0.05, 0.1) is 5.44 Å². The molecule has 0 amide bonds. The van der Waals surface area contributed by atoms with Crippen molar-refractivity contribution in [2.75, 3.05) is 13.1 Å². The van der Waals surface area contributed by atoms with E-state index >= 15 is 0 Å². The molecule has 2 heterocycles. The molecule has 0 saturated heterocycles. The van der Waals surface area contributed by atoms with E-state index in [-0.39, 0.29) is 7.30 Å². The van der Waals surface area contributed by atoms with Gasteiger partial charge in [-0.25, -0.2) is 0 Å². The Balaban J connectivity index is 2.30. The Morgan fingerprint density at radius 3 is 3.11 bits per heavy atom. The monoisotopic (exact) mass is 318 g/mol. The van der Waals surface area contributed by atoms with Gasteiger partial charge in [-0.15, -0.1) is 17.9 Å². The zero-order valence-electron chi connectivity index (χ0n) is 10.9. The van der Waals surface area contributed by atoms with Gasteiger partial charge < -0.3 is 0 Å². The Bertz CT molecular complexity index is 400. The van der Waals surface area contributed by atoms with Crippen molar-refractivity contribution in [3.63, 3.8) is 0 Å². The average molecular weight is 318 g/mol. The molecule has 0 bridgehead atoms. The standard InChI is InChI=1S/C12H22N2P4/c1-2-7-14-8-3-4-10-5-6-13-12(11(10)9-14)18(16)17-15/h5-6,17H,2-4,7-9,15-16H2,1H3. The topological polar surface area (TPSA) is 16.1 Å². The second-order valence-corrected chi connectivity index (χ2v) is 13.7. The molecule has 18 heavy (non-hydrogen) atoms. The molecule has 1 aromatic heterocycles. The van der Waals surface area contributed by atoms with E-state index in [1.165, 1.54) is 48.9 Å². The number of aromatic nitrogens is 1. The highest BCUT2D eigenvalue weighted by Gasteiger charge is 2.19. The van der Waals surface area contributed by atoms with Crippen LogP contribution in [0.1, 0.15) is 30.9 Å². The zero-order valence-corrected chi connectivity index (χ0v) is 15.1. The molecule has 4 atom stereocenters. The molecule has 1 aromatic rings. The molecule has 0 spiro atoms. The fraction of sp³-hybridized carbons (Fsp3) is 0.583. The van der Waals surface area contributed by atoms with Gasteiger partial charge >= 0.3 is 0 Å². The molecular formula is C12H22N2P4. The molecule has 2 nitrogen and oxygen atoms in total. The van der Waals surface area contributed by atoms with E-state index in [2.05, 4.69) is 40.7 Å². The molecule has 0 aromatic carbocycles. The van der Waals surface area contributed by atoms with Crippen molar-refractivity contribution < 1.29 is 0 Å². The predicted octanol–water partition coefficient (Wildman–Crippen LogP) is 3.52. The van der Waals surface area contributed by atoms with Crippen LogP contribution in [-0.4, -0.2) is 23.0 Å². The quantitative estimate of drug-likeness (QED) is 0.790. The first kappa shape index (κ1) is 15.2. The third kappa shape index (κ3) is 3.69. The Labute approximate surface area is 118 Å². The lowest BCUT2D eigenvalue weighted by Gasteiger charge is -2.22. The lowest BCUT2D eigenvalue weighted by molar-refractivity contribution is 0.270. The molecule has 0 saturated carbocycles. The molecule has 0 aliphatic carbocycles. The third-order valence-corrected chi connectivity index (χ3v) is 13.2. The third-order valence-electron chi connectivity index (χ3n) is 3.34. The Morgan fingerprint density at radius 2 is 2.39 bits per heavy atom. The summed E-state index contributed by atoms with van der Waals surface area (Å²) in [5.41, 5.74) is 4.43. The first-order valence-electron chi connectivity index (χ1n) is 6.46. The van der Waals surface area contributed by atoms with Gasteiger partial charge in [0.2, 0.25) is 0 Å². The van der Waals surface area contributed by atoms with Crippen molar-refractivity contribution in [3.8, 4) is 0 Å². The number of hydrogen-bond acceptors (Lipinski definition) is 2. The Kier molecular flexibility index (Phi) is 6.40. The first-order valence-corrected chi connectivity index (χ1v) is 13.1. The predicted molar refractivity (Wildman–Crippen MR) is 92.4 cm³/mol. The number of nitrogens with zero attached hydrogens (tertiary/aromatic N) is 2. The molecule has 0 N–H and O–H groups in total. The highest BCUT2D eigenvalue weighted by Crippen LogP contribution is 2.65. The van der Waals surface area contributed by atoms with E-state index in [4.69, 9.17) is 0 Å². The van der Waals surface area contributed by atoms with Crippen LogP contribution in [0.15, 0.2) is 12.3 Å². The zero-order chi connectivity index (χ0) is 13.0. The number of pyridine rings is 1. The fourth-order valence-corrected chi connectivity index (χ4v) is 6.03. The van der Waals surface area contributed by atoms with Gasteiger partial charge in [0.15, 0.2) is 0 Å². The van der Waals surface area contributed by atoms with Crippen LogP contribution in [-0.2, 0) is 13.0 Å². The summed E-state index contributed by atoms with van der Waals surface area (Å²) in [6, 6.07) is 2.23. The summed E-state index contributed by atoms with van der Waals surface area (Å²) in [6.45, 7) is 5.82. The minimum Gasteiger partial charge on any atom is -0.299 e. The summed E-state index contributed by atoms with van der Waals surface area (Å²) < 4.78 is 0. The van der Waals surface area contributed by atoms with Gasteiger partial charge in [0.25, 0.3) is 0 Å². The van der Waals surface area contributed by atoms with Crippen molar-refractivity contribution in [1.82, 2.24) is 9.88 Å². The smallest absolute Gasteiger partial charge is 0.0760 e. The molecule has 2 rings (SSSR count). The van der Waals surface area contributed by atoms with Crippen LogP contribution in [0.4, 0.5) is 0 Å². The second kappa shape index (κ2) is 7.57.